The molecule has 0 radical (unpaired) electrons. The second kappa shape index (κ2) is 31.5. The van der Waals surface area contributed by atoms with Gasteiger partial charge in [0.2, 0.25) is 0 Å². The molecule has 0 atom stereocenters. The van der Waals surface area contributed by atoms with Gasteiger partial charge in [0.15, 0.2) is 0 Å². The predicted molar refractivity (Wildman–Crippen MR) is 256 cm³/mol. The Morgan fingerprint density at radius 2 is 0.794 bits per heavy atom. The zero-order valence-corrected chi connectivity index (χ0v) is 40.1. The number of hydrogen-bond donors (Lipinski definition) is 0. The molecule has 7 rings (SSSR count). The van der Waals surface area contributed by atoms with Crippen LogP contribution >= 0.6 is 0 Å². The molecule has 322 valence electrons. The van der Waals surface area contributed by atoms with E-state index in [1.165, 1.54) is 41.5 Å². The first kappa shape index (κ1) is 53.8. The van der Waals surface area contributed by atoms with E-state index in [9.17, 15) is 9.59 Å². The van der Waals surface area contributed by atoms with Gasteiger partial charge in [-0.1, -0.05) is 199 Å². The van der Waals surface area contributed by atoms with E-state index in [0.717, 1.165) is 24.2 Å². The third kappa shape index (κ3) is 23.6. The van der Waals surface area contributed by atoms with Gasteiger partial charge in [-0.3, -0.25) is 9.68 Å². The molecule has 0 N–H and O–H groups in total. The quantitative estimate of drug-likeness (QED) is 0.0657. The van der Waals surface area contributed by atoms with Crippen LogP contribution in [0.3, 0.4) is 0 Å². The maximum absolute atomic E-state index is 12.1. The van der Waals surface area contributed by atoms with Gasteiger partial charge < -0.3 is 27.2 Å². The summed E-state index contributed by atoms with van der Waals surface area (Å²) in [5.41, 5.74) is 7.29. The number of benzene rings is 7. The van der Waals surface area contributed by atoms with Crippen molar-refractivity contribution in [1.29, 1.82) is 0 Å². The number of aryl methyl sites for hydroxylation is 2. The van der Waals surface area contributed by atoms with Crippen LogP contribution in [-0.4, -0.2) is 52.5 Å². The van der Waals surface area contributed by atoms with Gasteiger partial charge >= 0.3 is 29.0 Å². The largest absolute Gasteiger partial charge is 2.00 e. The van der Waals surface area contributed by atoms with E-state index >= 15 is 0 Å². The fraction of sp³-hybridized carbons (Fsp3) is 0.200. The van der Waals surface area contributed by atoms with Gasteiger partial charge in [0.25, 0.3) is 5.91 Å². The van der Waals surface area contributed by atoms with Crippen molar-refractivity contribution in [2.75, 3.05) is 7.05 Å². The first-order chi connectivity index (χ1) is 29.7. The van der Waals surface area contributed by atoms with Crippen molar-refractivity contribution in [3.63, 3.8) is 0 Å². The molecule has 0 unspecified atom stereocenters. The molecule has 7 aromatic carbocycles. The van der Waals surface area contributed by atoms with Gasteiger partial charge in [-0.15, -0.1) is 13.1 Å². The molecular weight excluding hydrogens is 857 g/mol. The summed E-state index contributed by atoms with van der Waals surface area (Å²) in [6.07, 6.45) is 3.58. The Bertz CT molecular complexity index is 2040. The van der Waals surface area contributed by atoms with Crippen LogP contribution in [0.25, 0.3) is 5.32 Å². The minimum atomic E-state index is -0.482. The van der Waals surface area contributed by atoms with Gasteiger partial charge in [-0.2, -0.15) is 4.89 Å². The Morgan fingerprint density at radius 1 is 0.476 bits per heavy atom. The number of hydrogen-bond acceptors (Lipinski definition) is 4. The maximum Gasteiger partial charge on any atom is 2.00 e. The summed E-state index contributed by atoms with van der Waals surface area (Å²) in [7, 11) is 1.82. The van der Waals surface area contributed by atoms with Gasteiger partial charge in [-0.25, -0.2) is 4.79 Å². The Kier molecular flexibility index (Phi) is 26.9. The summed E-state index contributed by atoms with van der Waals surface area (Å²) >= 11 is 0. The molecule has 0 aliphatic rings. The van der Waals surface area contributed by atoms with Crippen LogP contribution in [0.15, 0.2) is 212 Å². The maximum atomic E-state index is 12.1. The standard InChI is InChI=1S/C15H15NO.C15H16.C14H14N.C11H14O3.BrH.Mg/c1-16(12-13-8-4-2-5-9-13)15(17)14-10-6-3-7-11-14;1-3-8-14(9-4-1)12-7-13-15-10-5-2-6-11-15;1-3-7-13(8-4-1)11-15-12-14-9-5-2-6-10-14;1-11(2,3)14-13-10(12)9-7-5-4-6-8-9;;/h2-11H,12H2,1H3;1-6,8-11H,7,12-13H2;1-10H,11-12H2;4-8H,1-3H3;1H;/q;;-1;;;+2/p-1. The summed E-state index contributed by atoms with van der Waals surface area (Å²) in [5.74, 6) is -0.421. The molecule has 63 heavy (non-hydrogen) atoms. The van der Waals surface area contributed by atoms with Crippen molar-refractivity contribution in [2.24, 2.45) is 0 Å². The zero-order chi connectivity index (χ0) is 43.4. The van der Waals surface area contributed by atoms with Gasteiger partial charge in [0.05, 0.1) is 5.56 Å². The molecule has 0 saturated carbocycles. The fourth-order valence-electron chi connectivity index (χ4n) is 5.78. The topological polar surface area (TPSA) is 69.9 Å². The molecular formula is C55H59BrMgN2O4. The second-order valence-electron chi connectivity index (χ2n) is 15.3. The van der Waals surface area contributed by atoms with Crippen LogP contribution in [0.1, 0.15) is 75.7 Å². The van der Waals surface area contributed by atoms with Crippen molar-refractivity contribution in [1.82, 2.24) is 4.90 Å². The molecule has 1 amide bonds. The average Bonchev–Trinajstić information content (AvgIpc) is 3.31. The average molecular weight is 916 g/mol. The molecule has 0 spiro atoms. The van der Waals surface area contributed by atoms with Gasteiger partial charge in [0.1, 0.15) is 5.60 Å². The molecule has 6 nitrogen and oxygen atoms in total. The Morgan fingerprint density at radius 3 is 1.16 bits per heavy atom. The molecule has 0 fully saturated rings. The molecule has 7 aromatic rings. The third-order valence-corrected chi connectivity index (χ3v) is 8.90. The minimum absolute atomic E-state index is 0. The number of nitrogens with zero attached hydrogens (tertiary/aromatic N) is 2. The second-order valence-corrected chi connectivity index (χ2v) is 15.3. The van der Waals surface area contributed by atoms with Gasteiger partial charge in [-0.05, 0) is 81.0 Å². The van der Waals surface area contributed by atoms with E-state index in [1.807, 2.05) is 131 Å². The number of carbonyl (C=O) groups is 2. The minimum Gasteiger partial charge on any atom is -1.00 e. The molecule has 0 aliphatic heterocycles. The van der Waals surface area contributed by atoms with Crippen LogP contribution in [0.2, 0.25) is 0 Å². The van der Waals surface area contributed by atoms with Crippen molar-refractivity contribution in [3.8, 4) is 0 Å². The predicted octanol–water partition coefficient (Wildman–Crippen LogP) is 9.78. The number of halogens is 1. The van der Waals surface area contributed by atoms with Crippen molar-refractivity contribution < 1.29 is 36.3 Å². The third-order valence-electron chi connectivity index (χ3n) is 8.90. The Balaban J connectivity index is 0.000000287. The van der Waals surface area contributed by atoms with Crippen molar-refractivity contribution >= 4 is 34.9 Å². The first-order valence-electron chi connectivity index (χ1n) is 20.7. The first-order valence-corrected chi connectivity index (χ1v) is 20.7. The SMILES string of the molecule is CC(C)(C)OOC(=O)c1ccccc1.CN(Cc1ccccc1)C(=O)c1ccccc1.[Br-].[Mg+2].c1ccc(CCCc2ccccc2)cc1.c1ccc(C[N-]Cc2ccccc2)cc1. The Hall–Kier alpha value is -5.35. The van der Waals surface area contributed by atoms with Crippen LogP contribution in [0.5, 0.6) is 0 Å². The van der Waals surface area contributed by atoms with E-state index in [4.69, 9.17) is 4.89 Å². The summed E-state index contributed by atoms with van der Waals surface area (Å²) in [6, 6.07) is 70.1. The van der Waals surface area contributed by atoms with E-state index in [0.29, 0.717) is 12.1 Å². The number of amides is 1. The summed E-state index contributed by atoms with van der Waals surface area (Å²) in [4.78, 5) is 34.7. The van der Waals surface area contributed by atoms with E-state index < -0.39 is 11.6 Å². The van der Waals surface area contributed by atoms with Crippen LogP contribution in [0, 0.1) is 0 Å². The van der Waals surface area contributed by atoms with Crippen molar-refractivity contribution in [2.45, 2.75) is 65.3 Å². The van der Waals surface area contributed by atoms with Gasteiger partial charge in [0, 0.05) is 19.2 Å². The van der Waals surface area contributed by atoms with E-state index in [1.54, 1.807) is 29.2 Å². The van der Waals surface area contributed by atoms with Crippen LogP contribution < -0.4 is 17.0 Å². The van der Waals surface area contributed by atoms with Crippen molar-refractivity contribution in [3.05, 3.63) is 257 Å². The normalized spacial score (nSPS) is 9.97. The molecule has 0 saturated heterocycles. The van der Waals surface area contributed by atoms with E-state index in [-0.39, 0.29) is 45.9 Å². The summed E-state index contributed by atoms with van der Waals surface area (Å²) in [5, 5.41) is 4.51. The molecule has 0 aliphatic carbocycles. The fourth-order valence-corrected chi connectivity index (χ4v) is 5.78. The number of rotatable bonds is 13. The summed E-state index contributed by atoms with van der Waals surface area (Å²) in [6.45, 7) is 7.67. The molecule has 0 bridgehead atoms. The zero-order valence-electron chi connectivity index (χ0n) is 37.1. The van der Waals surface area contributed by atoms with E-state index in [2.05, 4.69) is 95.1 Å². The smallest absolute Gasteiger partial charge is 1.00 e. The molecule has 0 aromatic heterocycles. The van der Waals surface area contributed by atoms with Crippen LogP contribution in [0.4, 0.5) is 0 Å². The van der Waals surface area contributed by atoms with Crippen LogP contribution in [-0.2, 0) is 42.3 Å². The summed E-state index contributed by atoms with van der Waals surface area (Å²) < 4.78 is 0. The number of carbonyl (C=O) groups excluding carboxylic acids is 2. The molecule has 0 heterocycles. The Labute approximate surface area is 402 Å². The molecule has 8 heteroatoms. The monoisotopic (exact) mass is 914 g/mol.